The number of hydrogen-bond donors (Lipinski definition) is 1. The Morgan fingerprint density at radius 3 is 2.46 bits per heavy atom. The molecule has 1 aliphatic heterocycles. The number of carbonyl (C=O) groups excluding carboxylic acids is 1. The highest BCUT2D eigenvalue weighted by molar-refractivity contribution is 8.13. The molecule has 1 aromatic carbocycles. The zero-order valence-corrected chi connectivity index (χ0v) is 14.8. The van der Waals surface area contributed by atoms with Crippen LogP contribution in [-0.4, -0.2) is 22.3 Å². The number of aromatic nitrogens is 1. The van der Waals surface area contributed by atoms with Crippen LogP contribution in [0.15, 0.2) is 47.2 Å². The molecule has 0 bridgehead atoms. The number of nitrogens with one attached hydrogen (secondary N) is 1. The molecule has 3 rings (SSSR count). The maximum atomic E-state index is 12.7. The molecule has 2 aromatic rings. The first-order valence-corrected chi connectivity index (χ1v) is 8.87. The molecule has 9 heteroatoms. The van der Waals surface area contributed by atoms with E-state index in [4.69, 9.17) is 11.6 Å². The van der Waals surface area contributed by atoms with Gasteiger partial charge in [-0.15, -0.1) is 0 Å². The fourth-order valence-electron chi connectivity index (χ4n) is 2.24. The standard InChI is InChI=1S/C17H11ClF3N3OS/c1-26-16-23-13(15(25)24-16)6-9-2-4-10(5-3-9)14-12(18)7-11(8-22-14)17(19,20)21/h2-8H,1H3,(H,23,24,25)/b13-6+. The van der Waals surface area contributed by atoms with E-state index in [9.17, 15) is 18.0 Å². The molecule has 0 atom stereocenters. The van der Waals surface area contributed by atoms with Crippen LogP contribution in [0.2, 0.25) is 5.02 Å². The number of alkyl halides is 3. The van der Waals surface area contributed by atoms with E-state index < -0.39 is 11.7 Å². The number of aliphatic imine (C=N–C) groups is 1. The molecule has 0 spiro atoms. The zero-order chi connectivity index (χ0) is 18.9. The topological polar surface area (TPSA) is 54.4 Å². The fourth-order valence-corrected chi connectivity index (χ4v) is 2.90. The van der Waals surface area contributed by atoms with Crippen LogP contribution in [0.1, 0.15) is 11.1 Å². The largest absolute Gasteiger partial charge is 0.417 e. The molecule has 1 aliphatic rings. The maximum absolute atomic E-state index is 12.7. The predicted octanol–water partition coefficient (Wildman–Crippen LogP) is 4.61. The molecular weight excluding hydrogens is 387 g/mol. The number of carbonyl (C=O) groups is 1. The number of thioether (sulfide) groups is 1. The second-order valence-electron chi connectivity index (χ2n) is 5.28. The van der Waals surface area contributed by atoms with Crippen molar-refractivity contribution in [2.24, 2.45) is 4.99 Å². The Balaban J connectivity index is 1.87. The van der Waals surface area contributed by atoms with E-state index in [1.165, 1.54) is 11.8 Å². The first-order chi connectivity index (χ1) is 12.3. The molecule has 0 saturated heterocycles. The quantitative estimate of drug-likeness (QED) is 0.753. The number of amides is 1. The number of rotatable bonds is 2. The van der Waals surface area contributed by atoms with Gasteiger partial charge in [-0.2, -0.15) is 13.2 Å². The number of pyridine rings is 1. The Morgan fingerprint density at radius 1 is 1.23 bits per heavy atom. The predicted molar refractivity (Wildman–Crippen MR) is 96.8 cm³/mol. The van der Waals surface area contributed by atoms with E-state index in [2.05, 4.69) is 15.3 Å². The van der Waals surface area contributed by atoms with Crippen LogP contribution >= 0.6 is 23.4 Å². The van der Waals surface area contributed by atoms with Crippen molar-refractivity contribution in [1.82, 2.24) is 10.3 Å². The van der Waals surface area contributed by atoms with Crippen molar-refractivity contribution in [3.63, 3.8) is 0 Å². The third-order valence-electron chi connectivity index (χ3n) is 3.52. The van der Waals surface area contributed by atoms with E-state index in [0.717, 1.165) is 12.3 Å². The minimum atomic E-state index is -4.50. The summed E-state index contributed by atoms with van der Waals surface area (Å²) in [4.78, 5) is 19.7. The molecule has 0 saturated carbocycles. The SMILES string of the molecule is CSC1=N/C(=C/c2ccc(-c3ncc(C(F)(F)F)cc3Cl)cc2)C(=O)N1. The van der Waals surface area contributed by atoms with Gasteiger partial charge in [0.25, 0.3) is 5.91 Å². The first kappa shape index (κ1) is 18.5. The van der Waals surface area contributed by atoms with Gasteiger partial charge in [-0.25, -0.2) is 4.99 Å². The smallest absolute Gasteiger partial charge is 0.300 e. The molecule has 26 heavy (non-hydrogen) atoms. The molecule has 1 N–H and O–H groups in total. The summed E-state index contributed by atoms with van der Waals surface area (Å²) in [7, 11) is 0. The lowest BCUT2D eigenvalue weighted by Crippen LogP contribution is -2.21. The molecular formula is C17H11ClF3N3OS. The molecule has 1 amide bonds. The molecule has 0 unspecified atom stereocenters. The normalized spacial score (nSPS) is 16.0. The van der Waals surface area contributed by atoms with Crippen molar-refractivity contribution in [1.29, 1.82) is 0 Å². The molecule has 1 aromatic heterocycles. The van der Waals surface area contributed by atoms with Crippen LogP contribution < -0.4 is 5.32 Å². The molecule has 134 valence electrons. The van der Waals surface area contributed by atoms with Crippen LogP contribution in [0.4, 0.5) is 13.2 Å². The monoisotopic (exact) mass is 397 g/mol. The van der Waals surface area contributed by atoms with Crippen molar-refractivity contribution in [3.8, 4) is 11.3 Å². The van der Waals surface area contributed by atoms with Gasteiger partial charge >= 0.3 is 6.18 Å². The average Bonchev–Trinajstić information content (AvgIpc) is 2.95. The summed E-state index contributed by atoms with van der Waals surface area (Å²) in [5.74, 6) is -0.286. The van der Waals surface area contributed by atoms with E-state index in [1.807, 2.05) is 0 Å². The Morgan fingerprint density at radius 2 is 1.92 bits per heavy atom. The lowest BCUT2D eigenvalue weighted by molar-refractivity contribution is -0.137. The number of amidine groups is 1. The number of benzene rings is 1. The molecule has 4 nitrogen and oxygen atoms in total. The molecule has 2 heterocycles. The summed E-state index contributed by atoms with van der Waals surface area (Å²) in [6.07, 6.45) is -0.330. The summed E-state index contributed by atoms with van der Waals surface area (Å²) in [6.45, 7) is 0. The Bertz CT molecular complexity index is 924. The Kier molecular flexibility index (Phi) is 5.06. The van der Waals surface area contributed by atoms with Crippen LogP contribution in [0.5, 0.6) is 0 Å². The van der Waals surface area contributed by atoms with Gasteiger partial charge in [-0.3, -0.25) is 15.1 Å². The van der Waals surface area contributed by atoms with Crippen LogP contribution in [-0.2, 0) is 11.0 Å². The van der Waals surface area contributed by atoms with Crippen molar-refractivity contribution >= 4 is 40.5 Å². The van der Waals surface area contributed by atoms with Crippen molar-refractivity contribution < 1.29 is 18.0 Å². The van der Waals surface area contributed by atoms with Gasteiger partial charge in [0.2, 0.25) is 0 Å². The fraction of sp³-hybridized carbons (Fsp3) is 0.118. The number of halogens is 4. The Labute approximate surface area is 156 Å². The number of nitrogens with zero attached hydrogens (tertiary/aromatic N) is 2. The van der Waals surface area contributed by atoms with Crippen molar-refractivity contribution in [2.45, 2.75) is 6.18 Å². The second-order valence-corrected chi connectivity index (χ2v) is 6.48. The van der Waals surface area contributed by atoms with Gasteiger partial charge < -0.3 is 0 Å². The third kappa shape index (κ3) is 3.91. The number of hydrogen-bond acceptors (Lipinski definition) is 4. The van der Waals surface area contributed by atoms with E-state index >= 15 is 0 Å². The van der Waals surface area contributed by atoms with Gasteiger partial charge in [-0.1, -0.05) is 47.6 Å². The van der Waals surface area contributed by atoms with Gasteiger partial charge in [0.15, 0.2) is 5.17 Å². The summed E-state index contributed by atoms with van der Waals surface area (Å²) in [5.41, 5.74) is 0.915. The van der Waals surface area contributed by atoms with Gasteiger partial charge in [0, 0.05) is 11.8 Å². The van der Waals surface area contributed by atoms with Gasteiger partial charge in [-0.05, 0) is 24.0 Å². The highest BCUT2D eigenvalue weighted by Crippen LogP contribution is 2.34. The molecule has 0 aliphatic carbocycles. The summed E-state index contributed by atoms with van der Waals surface area (Å²) >= 11 is 7.28. The lowest BCUT2D eigenvalue weighted by Gasteiger charge is -2.09. The van der Waals surface area contributed by atoms with Gasteiger partial charge in [0.1, 0.15) is 5.70 Å². The van der Waals surface area contributed by atoms with Gasteiger partial charge in [0.05, 0.1) is 16.3 Å². The summed E-state index contributed by atoms with van der Waals surface area (Å²) in [6, 6.07) is 7.59. The van der Waals surface area contributed by atoms with E-state index in [0.29, 0.717) is 16.3 Å². The highest BCUT2D eigenvalue weighted by atomic mass is 35.5. The van der Waals surface area contributed by atoms with Crippen molar-refractivity contribution in [2.75, 3.05) is 6.26 Å². The minimum absolute atomic E-state index is 0.0877. The molecule has 0 fully saturated rings. The average molecular weight is 398 g/mol. The first-order valence-electron chi connectivity index (χ1n) is 7.27. The van der Waals surface area contributed by atoms with Crippen LogP contribution in [0.3, 0.4) is 0 Å². The minimum Gasteiger partial charge on any atom is -0.300 e. The van der Waals surface area contributed by atoms with Crippen LogP contribution in [0.25, 0.3) is 17.3 Å². The second kappa shape index (κ2) is 7.13. The van der Waals surface area contributed by atoms with E-state index in [-0.39, 0.29) is 22.3 Å². The lowest BCUT2D eigenvalue weighted by atomic mass is 10.1. The Hall–Kier alpha value is -2.32. The van der Waals surface area contributed by atoms with Crippen LogP contribution in [0, 0.1) is 0 Å². The summed E-state index contributed by atoms with van der Waals surface area (Å²) in [5, 5.41) is 3.06. The van der Waals surface area contributed by atoms with E-state index in [1.54, 1.807) is 36.6 Å². The zero-order valence-electron chi connectivity index (χ0n) is 13.3. The highest BCUT2D eigenvalue weighted by Gasteiger charge is 2.31. The molecule has 0 radical (unpaired) electrons. The maximum Gasteiger partial charge on any atom is 0.417 e. The van der Waals surface area contributed by atoms with Crippen molar-refractivity contribution in [3.05, 3.63) is 58.4 Å². The summed E-state index contributed by atoms with van der Waals surface area (Å²) < 4.78 is 38.1. The third-order valence-corrected chi connectivity index (χ3v) is 4.39.